The highest BCUT2D eigenvalue weighted by Gasteiger charge is 2.18. The Morgan fingerprint density at radius 2 is 1.45 bits per heavy atom. The third-order valence-corrected chi connectivity index (χ3v) is 3.39. The quantitative estimate of drug-likeness (QED) is 0.367. The lowest BCUT2D eigenvalue weighted by molar-refractivity contribution is -0.153. The van der Waals surface area contributed by atoms with Crippen molar-refractivity contribution in [3.63, 3.8) is 0 Å². The number of rotatable bonds is 13. The zero-order valence-corrected chi connectivity index (χ0v) is 14.1. The molecule has 0 rings (SSSR count). The normalized spacial score (nSPS) is 13.2. The van der Waals surface area contributed by atoms with E-state index in [-0.39, 0.29) is 12.2 Å². The Bertz CT molecular complexity index is 228. The van der Waals surface area contributed by atoms with Gasteiger partial charge in [-0.05, 0) is 18.8 Å². The second-order valence-corrected chi connectivity index (χ2v) is 6.04. The molecule has 1 atom stereocenters. The lowest BCUT2D eigenvalue weighted by Gasteiger charge is -2.22. The van der Waals surface area contributed by atoms with Crippen molar-refractivity contribution in [3.8, 4) is 0 Å². The maximum absolute atomic E-state index is 11.8. The van der Waals surface area contributed by atoms with Crippen molar-refractivity contribution in [2.75, 3.05) is 13.2 Å². The van der Waals surface area contributed by atoms with E-state index in [2.05, 4.69) is 20.8 Å². The van der Waals surface area contributed by atoms with E-state index >= 15 is 0 Å². The molecule has 0 N–H and O–H groups in total. The summed E-state index contributed by atoms with van der Waals surface area (Å²) in [6.07, 6.45) is 5.67. The predicted molar refractivity (Wildman–Crippen MR) is 83.8 cm³/mol. The van der Waals surface area contributed by atoms with E-state index in [0.717, 1.165) is 45.3 Å². The molecule has 0 amide bonds. The first-order valence-corrected chi connectivity index (χ1v) is 8.27. The summed E-state index contributed by atoms with van der Waals surface area (Å²) in [4.78, 5) is 11.8. The maximum Gasteiger partial charge on any atom is 0.157 e. The molecule has 0 aliphatic carbocycles. The van der Waals surface area contributed by atoms with Gasteiger partial charge in [0.25, 0.3) is 0 Å². The summed E-state index contributed by atoms with van der Waals surface area (Å²) in [6, 6.07) is 0. The zero-order valence-electron chi connectivity index (χ0n) is 14.1. The standard InChI is InChI=1S/C17H34O3/c1-6-8-10-19-17(20-11-9-7-2)13-15(5)12-16(18)14(3)4/h14-15,17H,6-13H2,1-5H3. The van der Waals surface area contributed by atoms with Crippen LogP contribution in [0.2, 0.25) is 0 Å². The first kappa shape index (κ1) is 19.6. The molecule has 0 aromatic carbocycles. The topological polar surface area (TPSA) is 35.5 Å². The molecule has 1 unspecified atom stereocenters. The van der Waals surface area contributed by atoms with Gasteiger partial charge in [0.2, 0.25) is 0 Å². The molecule has 0 aliphatic rings. The molecular weight excluding hydrogens is 252 g/mol. The largest absolute Gasteiger partial charge is 0.353 e. The van der Waals surface area contributed by atoms with E-state index in [9.17, 15) is 4.79 Å². The van der Waals surface area contributed by atoms with Crippen molar-refractivity contribution in [1.29, 1.82) is 0 Å². The van der Waals surface area contributed by atoms with Gasteiger partial charge >= 0.3 is 0 Å². The van der Waals surface area contributed by atoms with Gasteiger partial charge in [0.1, 0.15) is 5.78 Å². The Kier molecular flexibility index (Phi) is 12.1. The van der Waals surface area contributed by atoms with Crippen LogP contribution in [0.25, 0.3) is 0 Å². The van der Waals surface area contributed by atoms with Gasteiger partial charge in [0, 0.05) is 32.0 Å². The Hall–Kier alpha value is -0.410. The second kappa shape index (κ2) is 12.3. The lowest BCUT2D eigenvalue weighted by atomic mass is 9.95. The summed E-state index contributed by atoms with van der Waals surface area (Å²) >= 11 is 0. The molecule has 3 heteroatoms. The van der Waals surface area contributed by atoms with Crippen molar-refractivity contribution >= 4 is 5.78 Å². The van der Waals surface area contributed by atoms with Crippen LogP contribution in [0.3, 0.4) is 0 Å². The molecule has 0 heterocycles. The van der Waals surface area contributed by atoms with Gasteiger partial charge in [-0.2, -0.15) is 0 Å². The average molecular weight is 286 g/mol. The molecule has 0 aromatic heterocycles. The molecule has 0 bridgehead atoms. The Balaban J connectivity index is 4.12. The van der Waals surface area contributed by atoms with Crippen LogP contribution in [0.4, 0.5) is 0 Å². The Labute approximate surface area is 125 Å². The summed E-state index contributed by atoms with van der Waals surface area (Å²) in [6.45, 7) is 11.8. The summed E-state index contributed by atoms with van der Waals surface area (Å²) in [5.41, 5.74) is 0. The maximum atomic E-state index is 11.8. The highest BCUT2D eigenvalue weighted by atomic mass is 16.7. The van der Waals surface area contributed by atoms with Crippen molar-refractivity contribution in [2.24, 2.45) is 11.8 Å². The molecule has 3 nitrogen and oxygen atoms in total. The smallest absolute Gasteiger partial charge is 0.157 e. The number of carbonyl (C=O) groups excluding carboxylic acids is 1. The fourth-order valence-corrected chi connectivity index (χ4v) is 1.89. The van der Waals surface area contributed by atoms with Crippen LogP contribution in [-0.4, -0.2) is 25.3 Å². The van der Waals surface area contributed by atoms with Crippen LogP contribution in [0.15, 0.2) is 0 Å². The van der Waals surface area contributed by atoms with Gasteiger partial charge in [-0.1, -0.05) is 47.5 Å². The second-order valence-electron chi connectivity index (χ2n) is 6.04. The zero-order chi connectivity index (χ0) is 15.4. The van der Waals surface area contributed by atoms with Crippen molar-refractivity contribution < 1.29 is 14.3 Å². The molecule has 0 fully saturated rings. The first-order chi connectivity index (χ1) is 9.51. The SMILES string of the molecule is CCCCOC(CC(C)CC(=O)C(C)C)OCCCC. The summed E-state index contributed by atoms with van der Waals surface area (Å²) < 4.78 is 11.6. The Morgan fingerprint density at radius 3 is 1.85 bits per heavy atom. The van der Waals surface area contributed by atoms with Crippen molar-refractivity contribution in [1.82, 2.24) is 0 Å². The third-order valence-electron chi connectivity index (χ3n) is 3.39. The number of ketones is 1. The minimum absolute atomic E-state index is 0.123. The molecule has 120 valence electrons. The monoisotopic (exact) mass is 286 g/mol. The lowest BCUT2D eigenvalue weighted by Crippen LogP contribution is -2.23. The molecule has 0 radical (unpaired) electrons. The van der Waals surface area contributed by atoms with Crippen molar-refractivity contribution in [2.45, 2.75) is 79.4 Å². The molecule has 0 saturated heterocycles. The van der Waals surface area contributed by atoms with Gasteiger partial charge in [-0.3, -0.25) is 4.79 Å². The summed E-state index contributed by atoms with van der Waals surface area (Å²) in [7, 11) is 0. The fourth-order valence-electron chi connectivity index (χ4n) is 1.89. The highest BCUT2D eigenvalue weighted by Crippen LogP contribution is 2.17. The first-order valence-electron chi connectivity index (χ1n) is 8.27. The minimum atomic E-state index is -0.150. The van der Waals surface area contributed by atoms with Crippen LogP contribution in [0.5, 0.6) is 0 Å². The van der Waals surface area contributed by atoms with E-state index in [4.69, 9.17) is 9.47 Å². The minimum Gasteiger partial charge on any atom is -0.353 e. The number of unbranched alkanes of at least 4 members (excludes halogenated alkanes) is 2. The van der Waals surface area contributed by atoms with E-state index < -0.39 is 0 Å². The molecule has 0 spiro atoms. The Morgan fingerprint density at radius 1 is 0.950 bits per heavy atom. The van der Waals surface area contributed by atoms with Crippen LogP contribution in [0, 0.1) is 11.8 Å². The van der Waals surface area contributed by atoms with Crippen LogP contribution < -0.4 is 0 Å². The molecule has 0 aromatic rings. The number of hydrogen-bond donors (Lipinski definition) is 0. The molecule has 0 saturated carbocycles. The molecule has 0 aliphatic heterocycles. The van der Waals surface area contributed by atoms with Crippen LogP contribution >= 0.6 is 0 Å². The van der Waals surface area contributed by atoms with Gasteiger partial charge < -0.3 is 9.47 Å². The number of hydrogen-bond acceptors (Lipinski definition) is 3. The van der Waals surface area contributed by atoms with Crippen LogP contribution in [0.1, 0.15) is 73.1 Å². The molecular formula is C17H34O3. The van der Waals surface area contributed by atoms with E-state index in [1.54, 1.807) is 0 Å². The van der Waals surface area contributed by atoms with Crippen LogP contribution in [-0.2, 0) is 14.3 Å². The van der Waals surface area contributed by atoms with Gasteiger partial charge in [0.15, 0.2) is 6.29 Å². The number of Topliss-reactive ketones (excluding diaryl/α,β-unsaturated/α-hetero) is 1. The van der Waals surface area contributed by atoms with Gasteiger partial charge in [-0.25, -0.2) is 0 Å². The molecule has 20 heavy (non-hydrogen) atoms. The summed E-state index contributed by atoms with van der Waals surface area (Å²) in [5, 5.41) is 0. The average Bonchev–Trinajstić information content (AvgIpc) is 2.38. The number of carbonyl (C=O) groups is 1. The van der Waals surface area contributed by atoms with E-state index in [1.165, 1.54) is 0 Å². The van der Waals surface area contributed by atoms with Crippen molar-refractivity contribution in [3.05, 3.63) is 0 Å². The van der Waals surface area contributed by atoms with E-state index in [1.807, 2.05) is 13.8 Å². The fraction of sp³-hybridized carbons (Fsp3) is 0.941. The summed E-state index contributed by atoms with van der Waals surface area (Å²) in [5.74, 6) is 0.773. The predicted octanol–water partition coefficient (Wildman–Crippen LogP) is 4.59. The highest BCUT2D eigenvalue weighted by molar-refractivity contribution is 5.80. The van der Waals surface area contributed by atoms with E-state index in [0.29, 0.717) is 18.1 Å². The van der Waals surface area contributed by atoms with Gasteiger partial charge in [0.05, 0.1) is 0 Å². The number of ether oxygens (including phenoxy) is 2. The van der Waals surface area contributed by atoms with Gasteiger partial charge in [-0.15, -0.1) is 0 Å². The third kappa shape index (κ3) is 10.4.